The maximum absolute atomic E-state index is 13.3. The number of aliphatic hydroxyl groups is 2. The van der Waals surface area contributed by atoms with Crippen molar-refractivity contribution >= 4 is 0 Å². The summed E-state index contributed by atoms with van der Waals surface area (Å²) in [4.78, 5) is 2.07. The molecule has 1 heterocycles. The quantitative estimate of drug-likeness (QED) is 0.534. The van der Waals surface area contributed by atoms with Crippen molar-refractivity contribution < 1.29 is 19.0 Å². The molecule has 3 saturated carbocycles. The molecule has 5 atom stereocenters. The van der Waals surface area contributed by atoms with Gasteiger partial charge in [-0.1, -0.05) is 36.8 Å². The summed E-state index contributed by atoms with van der Waals surface area (Å²) in [6.07, 6.45) is 12.1. The molecule has 5 heteroatoms. The first-order chi connectivity index (χ1) is 15.2. The van der Waals surface area contributed by atoms with E-state index in [0.29, 0.717) is 24.7 Å². The first-order valence-corrected chi connectivity index (χ1v) is 12.7. The fraction of sp³-hybridized carbons (Fsp3) is 0.778. The Hall–Kier alpha value is -1.04. The van der Waals surface area contributed by atoms with Gasteiger partial charge in [-0.25, -0.2) is 8.78 Å². The molecule has 2 N–H and O–H groups in total. The van der Waals surface area contributed by atoms with E-state index in [2.05, 4.69) is 30.6 Å². The highest BCUT2D eigenvalue weighted by Crippen LogP contribution is 2.58. The number of rotatable bonds is 5. The third-order valence-electron chi connectivity index (χ3n) is 9.17. The van der Waals surface area contributed by atoms with Crippen molar-refractivity contribution in [1.82, 2.24) is 4.90 Å². The van der Waals surface area contributed by atoms with E-state index in [4.69, 9.17) is 0 Å². The Morgan fingerprint density at radius 3 is 2.72 bits per heavy atom. The standard InChI is InChI=1S/C27H41F2NO2/c1-19-6-7-20(17-24(19)31)8-9-21-5-3-13-26(2)22(10-11-23(21)26)12-16-30-15-4-14-27(32,18-30)25(28)29/h8-9,22-25,31-32H,1,3-7,10-18H2,2H3/b20-8-,21-9+/t22-,23?,24-,26?,27?/m1/s1. The number of hydrogen-bond donors (Lipinski definition) is 2. The summed E-state index contributed by atoms with van der Waals surface area (Å²) >= 11 is 0. The molecule has 32 heavy (non-hydrogen) atoms. The van der Waals surface area contributed by atoms with E-state index in [-0.39, 0.29) is 18.4 Å². The lowest BCUT2D eigenvalue weighted by atomic mass is 9.63. The second-order valence-electron chi connectivity index (χ2n) is 11.2. The summed E-state index contributed by atoms with van der Waals surface area (Å²) in [5.74, 6) is 1.23. The zero-order chi connectivity index (χ0) is 22.9. The first kappa shape index (κ1) is 24.1. The summed E-state index contributed by atoms with van der Waals surface area (Å²) in [6, 6.07) is 0. The van der Waals surface area contributed by atoms with Gasteiger partial charge in [0.15, 0.2) is 0 Å². The lowest BCUT2D eigenvalue weighted by molar-refractivity contribution is -0.132. The number of β-amino-alcohol motifs (C(OH)–C–C–N with tert-alkyl or cyclic N) is 1. The zero-order valence-electron chi connectivity index (χ0n) is 19.7. The Kier molecular flexibility index (Phi) is 7.29. The van der Waals surface area contributed by atoms with Crippen molar-refractivity contribution in [2.45, 2.75) is 95.7 Å². The molecule has 0 aromatic rings. The molecule has 4 rings (SSSR count). The Balaban J connectivity index is 1.38. The predicted octanol–water partition coefficient (Wildman–Crippen LogP) is 5.64. The van der Waals surface area contributed by atoms with Crippen LogP contribution in [0, 0.1) is 17.3 Å². The van der Waals surface area contributed by atoms with Crippen LogP contribution in [-0.2, 0) is 0 Å². The molecule has 0 aromatic carbocycles. The monoisotopic (exact) mass is 449 g/mol. The Labute approximate surface area is 192 Å². The number of piperidine rings is 1. The Bertz CT molecular complexity index is 763. The van der Waals surface area contributed by atoms with Crippen LogP contribution >= 0.6 is 0 Å². The molecule has 3 aliphatic carbocycles. The molecule has 0 spiro atoms. The van der Waals surface area contributed by atoms with Gasteiger partial charge in [0.1, 0.15) is 5.60 Å². The van der Waals surface area contributed by atoms with Crippen LogP contribution in [0.2, 0.25) is 0 Å². The van der Waals surface area contributed by atoms with Gasteiger partial charge >= 0.3 is 0 Å². The third kappa shape index (κ3) is 4.90. The highest BCUT2D eigenvalue weighted by molar-refractivity contribution is 5.27. The van der Waals surface area contributed by atoms with E-state index < -0.39 is 18.1 Å². The summed E-state index contributed by atoms with van der Waals surface area (Å²) in [7, 11) is 0. The summed E-state index contributed by atoms with van der Waals surface area (Å²) in [5, 5.41) is 20.4. The van der Waals surface area contributed by atoms with Gasteiger partial charge in [-0.2, -0.15) is 0 Å². The van der Waals surface area contributed by atoms with Gasteiger partial charge < -0.3 is 15.1 Å². The minimum Gasteiger partial charge on any atom is -0.388 e. The summed E-state index contributed by atoms with van der Waals surface area (Å²) in [6.45, 7) is 8.15. The van der Waals surface area contributed by atoms with Crippen LogP contribution in [-0.4, -0.2) is 52.9 Å². The van der Waals surface area contributed by atoms with Crippen molar-refractivity contribution in [3.63, 3.8) is 0 Å². The maximum Gasteiger partial charge on any atom is 0.268 e. The second kappa shape index (κ2) is 9.68. The lowest BCUT2D eigenvalue weighted by Gasteiger charge is -2.44. The summed E-state index contributed by atoms with van der Waals surface area (Å²) in [5.41, 5.74) is 2.32. The van der Waals surface area contributed by atoms with Gasteiger partial charge in [0, 0.05) is 6.54 Å². The van der Waals surface area contributed by atoms with Crippen LogP contribution in [0.5, 0.6) is 0 Å². The molecule has 180 valence electrons. The molecular weight excluding hydrogens is 408 g/mol. The molecule has 4 fully saturated rings. The van der Waals surface area contributed by atoms with Crippen LogP contribution in [0.3, 0.4) is 0 Å². The average molecular weight is 450 g/mol. The highest BCUT2D eigenvalue weighted by atomic mass is 19.3. The van der Waals surface area contributed by atoms with Crippen molar-refractivity contribution in [3.05, 3.63) is 35.5 Å². The fourth-order valence-electron chi connectivity index (χ4n) is 7.04. The SMILES string of the molecule is C=C1CC/C(=C/C=C2\CCCC3(C)C2CC[C@@H]3CCN2CCCC(O)(C(F)F)C2)C[C@H]1O. The largest absolute Gasteiger partial charge is 0.388 e. The second-order valence-corrected chi connectivity index (χ2v) is 11.2. The lowest BCUT2D eigenvalue weighted by Crippen LogP contribution is -2.53. The Morgan fingerprint density at radius 1 is 1.16 bits per heavy atom. The number of halogens is 2. The average Bonchev–Trinajstić information content (AvgIpc) is 3.09. The van der Waals surface area contributed by atoms with Gasteiger partial charge in [-0.15, -0.1) is 0 Å². The number of nitrogens with zero attached hydrogens (tertiary/aromatic N) is 1. The van der Waals surface area contributed by atoms with Crippen LogP contribution in [0.4, 0.5) is 8.78 Å². The summed E-state index contributed by atoms with van der Waals surface area (Å²) < 4.78 is 26.6. The van der Waals surface area contributed by atoms with Crippen molar-refractivity contribution in [2.75, 3.05) is 19.6 Å². The number of fused-ring (bicyclic) bond motifs is 1. The number of likely N-dealkylation sites (tertiary alicyclic amines) is 1. The van der Waals surface area contributed by atoms with Crippen LogP contribution in [0.15, 0.2) is 35.5 Å². The molecule has 0 amide bonds. The minimum absolute atomic E-state index is 0.106. The van der Waals surface area contributed by atoms with E-state index >= 15 is 0 Å². The molecule has 3 unspecified atom stereocenters. The first-order valence-electron chi connectivity index (χ1n) is 12.7. The molecular formula is C27H41F2NO2. The molecule has 0 bridgehead atoms. The van der Waals surface area contributed by atoms with Gasteiger partial charge in [-0.05, 0) is 107 Å². The maximum atomic E-state index is 13.3. The van der Waals surface area contributed by atoms with Crippen LogP contribution < -0.4 is 0 Å². The van der Waals surface area contributed by atoms with Gasteiger partial charge in [0.2, 0.25) is 0 Å². The minimum atomic E-state index is -2.66. The smallest absolute Gasteiger partial charge is 0.268 e. The van der Waals surface area contributed by atoms with Crippen LogP contribution in [0.25, 0.3) is 0 Å². The zero-order valence-corrected chi connectivity index (χ0v) is 19.7. The van der Waals surface area contributed by atoms with E-state index in [9.17, 15) is 19.0 Å². The predicted molar refractivity (Wildman–Crippen MR) is 125 cm³/mol. The number of alkyl halides is 2. The van der Waals surface area contributed by atoms with E-state index in [0.717, 1.165) is 37.9 Å². The normalized spacial score (nSPS) is 41.6. The van der Waals surface area contributed by atoms with Crippen molar-refractivity contribution in [2.24, 2.45) is 17.3 Å². The number of allylic oxidation sites excluding steroid dienone is 3. The molecule has 0 radical (unpaired) electrons. The molecule has 0 aromatic heterocycles. The van der Waals surface area contributed by atoms with E-state index in [1.54, 1.807) is 5.57 Å². The van der Waals surface area contributed by atoms with E-state index in [1.807, 2.05) is 0 Å². The molecule has 4 aliphatic rings. The molecule has 1 aliphatic heterocycles. The van der Waals surface area contributed by atoms with Crippen LogP contribution in [0.1, 0.15) is 77.6 Å². The third-order valence-corrected chi connectivity index (χ3v) is 9.17. The molecule has 3 nitrogen and oxygen atoms in total. The van der Waals surface area contributed by atoms with Crippen molar-refractivity contribution in [1.29, 1.82) is 0 Å². The van der Waals surface area contributed by atoms with Gasteiger partial charge in [0.05, 0.1) is 6.10 Å². The van der Waals surface area contributed by atoms with Crippen molar-refractivity contribution in [3.8, 4) is 0 Å². The number of aliphatic hydroxyl groups excluding tert-OH is 1. The van der Waals surface area contributed by atoms with E-state index in [1.165, 1.54) is 37.7 Å². The van der Waals surface area contributed by atoms with Gasteiger partial charge in [-0.3, -0.25) is 0 Å². The molecule has 1 saturated heterocycles. The highest BCUT2D eigenvalue weighted by Gasteiger charge is 2.49. The number of hydrogen-bond acceptors (Lipinski definition) is 3. The Morgan fingerprint density at radius 2 is 1.97 bits per heavy atom. The van der Waals surface area contributed by atoms with Gasteiger partial charge in [0.25, 0.3) is 6.43 Å². The fourth-order valence-corrected chi connectivity index (χ4v) is 7.04. The topological polar surface area (TPSA) is 43.7 Å².